The van der Waals surface area contributed by atoms with Gasteiger partial charge in [0.15, 0.2) is 0 Å². The quantitative estimate of drug-likeness (QED) is 0.359. The van der Waals surface area contributed by atoms with E-state index in [4.69, 9.17) is 27.0 Å². The van der Waals surface area contributed by atoms with Gasteiger partial charge in [0.25, 0.3) is 5.91 Å². The lowest BCUT2D eigenvalue weighted by Gasteiger charge is -2.13. The highest BCUT2D eigenvalue weighted by Crippen LogP contribution is 2.28. The van der Waals surface area contributed by atoms with Crippen LogP contribution in [0.4, 0.5) is 5.69 Å². The van der Waals surface area contributed by atoms with Crippen LogP contribution >= 0.6 is 11.6 Å². The molecular formula is C12H13ClN4O4S. The maximum Gasteiger partial charge on any atom is 0.267 e. The molecule has 0 aliphatic heterocycles. The summed E-state index contributed by atoms with van der Waals surface area (Å²) in [5.41, 5.74) is 2.21. The number of hydrogen-bond donors (Lipinski definition) is 4. The first kappa shape index (κ1) is 16.3. The van der Waals surface area contributed by atoms with Crippen molar-refractivity contribution in [3.8, 4) is 0 Å². The van der Waals surface area contributed by atoms with Crippen molar-refractivity contribution in [2.24, 2.45) is 11.0 Å². The molecule has 2 aromatic rings. The van der Waals surface area contributed by atoms with E-state index >= 15 is 0 Å². The Bertz CT molecular complexity index is 790. The molecular weight excluding hydrogens is 332 g/mol. The van der Waals surface area contributed by atoms with Crippen molar-refractivity contribution in [3.05, 3.63) is 46.9 Å². The Labute approximate surface area is 131 Å². The molecule has 0 saturated carbocycles. The fraction of sp³-hybridized carbons (Fsp3) is 0.0833. The Hall–Kier alpha value is -2.07. The molecule has 1 aromatic heterocycles. The SMILES string of the molecule is NNC(=O)c1cc(S(N)(=O)=O)c(Cl)cc1NCc1ccco1. The molecule has 0 aliphatic carbocycles. The predicted octanol–water partition coefficient (Wildman–Crippen LogP) is 0.796. The molecule has 0 aliphatic rings. The van der Waals surface area contributed by atoms with E-state index in [-0.39, 0.29) is 27.7 Å². The van der Waals surface area contributed by atoms with Crippen molar-refractivity contribution in [2.75, 3.05) is 5.32 Å². The topological polar surface area (TPSA) is 140 Å². The van der Waals surface area contributed by atoms with Crippen molar-refractivity contribution in [1.29, 1.82) is 0 Å². The number of halogens is 1. The number of carbonyl (C=O) groups is 1. The lowest BCUT2D eigenvalue weighted by molar-refractivity contribution is 0.0954. The number of nitrogens with one attached hydrogen (secondary N) is 2. The summed E-state index contributed by atoms with van der Waals surface area (Å²) < 4.78 is 28.1. The maximum atomic E-state index is 11.8. The van der Waals surface area contributed by atoms with Crippen LogP contribution < -0.4 is 21.7 Å². The van der Waals surface area contributed by atoms with Crippen molar-refractivity contribution < 1.29 is 17.6 Å². The van der Waals surface area contributed by atoms with Crippen LogP contribution in [0.1, 0.15) is 16.1 Å². The number of furan rings is 1. The van der Waals surface area contributed by atoms with E-state index in [0.717, 1.165) is 6.07 Å². The standard InChI is InChI=1S/C12H13ClN4O4S/c13-9-5-10(16-6-7-2-1-3-21-7)8(12(18)17-14)4-11(9)22(15,19)20/h1-5,16H,6,14H2,(H,17,18)(H2,15,19,20). The molecule has 1 aromatic carbocycles. The zero-order valence-corrected chi connectivity index (χ0v) is 12.7. The highest BCUT2D eigenvalue weighted by Gasteiger charge is 2.20. The van der Waals surface area contributed by atoms with Gasteiger partial charge in [0.2, 0.25) is 10.0 Å². The van der Waals surface area contributed by atoms with Crippen LogP contribution in [0, 0.1) is 0 Å². The summed E-state index contributed by atoms with van der Waals surface area (Å²) in [6.07, 6.45) is 1.50. The van der Waals surface area contributed by atoms with Gasteiger partial charge in [-0.2, -0.15) is 0 Å². The number of hydrogen-bond acceptors (Lipinski definition) is 6. The number of rotatable bonds is 5. The first-order chi connectivity index (χ1) is 10.3. The molecule has 0 saturated heterocycles. The van der Waals surface area contributed by atoms with Gasteiger partial charge in [-0.05, 0) is 24.3 Å². The van der Waals surface area contributed by atoms with E-state index in [1.807, 2.05) is 5.43 Å². The summed E-state index contributed by atoms with van der Waals surface area (Å²) >= 11 is 5.91. The Balaban J connectivity index is 2.43. The second kappa shape index (κ2) is 6.36. The van der Waals surface area contributed by atoms with Gasteiger partial charge in [0, 0.05) is 5.69 Å². The van der Waals surface area contributed by atoms with Crippen LogP contribution in [-0.4, -0.2) is 14.3 Å². The largest absolute Gasteiger partial charge is 0.467 e. The van der Waals surface area contributed by atoms with Gasteiger partial charge in [-0.25, -0.2) is 19.4 Å². The van der Waals surface area contributed by atoms with Crippen LogP contribution in [0.3, 0.4) is 0 Å². The van der Waals surface area contributed by atoms with Crippen molar-refractivity contribution in [2.45, 2.75) is 11.4 Å². The molecule has 0 spiro atoms. The molecule has 0 atom stereocenters. The number of amides is 1. The molecule has 118 valence electrons. The third-order valence-electron chi connectivity index (χ3n) is 2.79. The monoisotopic (exact) mass is 344 g/mol. The highest BCUT2D eigenvalue weighted by molar-refractivity contribution is 7.89. The highest BCUT2D eigenvalue weighted by atomic mass is 35.5. The fourth-order valence-electron chi connectivity index (χ4n) is 1.78. The van der Waals surface area contributed by atoms with Crippen molar-refractivity contribution >= 4 is 33.2 Å². The third-order valence-corrected chi connectivity index (χ3v) is 4.16. The van der Waals surface area contributed by atoms with Crippen LogP contribution in [0.15, 0.2) is 39.8 Å². The lowest BCUT2D eigenvalue weighted by Crippen LogP contribution is -2.31. The Kier molecular flexibility index (Phi) is 4.71. The molecule has 22 heavy (non-hydrogen) atoms. The van der Waals surface area contributed by atoms with Gasteiger partial charge in [-0.1, -0.05) is 11.6 Å². The van der Waals surface area contributed by atoms with Crippen molar-refractivity contribution in [3.63, 3.8) is 0 Å². The van der Waals surface area contributed by atoms with Crippen LogP contribution in [0.2, 0.25) is 5.02 Å². The molecule has 10 heteroatoms. The molecule has 6 N–H and O–H groups in total. The minimum absolute atomic E-state index is 0.0116. The van der Waals surface area contributed by atoms with Crippen LogP contribution in [0.5, 0.6) is 0 Å². The molecule has 1 amide bonds. The van der Waals surface area contributed by atoms with Crippen LogP contribution in [0.25, 0.3) is 0 Å². The number of nitrogens with two attached hydrogens (primary N) is 2. The molecule has 8 nitrogen and oxygen atoms in total. The summed E-state index contributed by atoms with van der Waals surface area (Å²) in [7, 11) is -4.07. The predicted molar refractivity (Wildman–Crippen MR) is 80.5 cm³/mol. The van der Waals surface area contributed by atoms with E-state index in [9.17, 15) is 13.2 Å². The summed E-state index contributed by atoms with van der Waals surface area (Å²) in [6, 6.07) is 5.79. The number of nitrogen functional groups attached to an aromatic ring is 1. The Morgan fingerprint density at radius 3 is 2.64 bits per heavy atom. The molecule has 0 bridgehead atoms. The maximum absolute atomic E-state index is 11.8. The average Bonchev–Trinajstić information content (AvgIpc) is 2.96. The number of benzene rings is 1. The third kappa shape index (κ3) is 3.57. The summed E-state index contributed by atoms with van der Waals surface area (Å²) in [5.74, 6) is 5.03. The molecule has 0 radical (unpaired) electrons. The van der Waals surface area contributed by atoms with E-state index in [1.165, 1.54) is 12.3 Å². The van der Waals surface area contributed by atoms with Crippen molar-refractivity contribution in [1.82, 2.24) is 5.43 Å². The van der Waals surface area contributed by atoms with E-state index in [2.05, 4.69) is 5.32 Å². The second-order valence-electron chi connectivity index (χ2n) is 4.28. The van der Waals surface area contributed by atoms with Gasteiger partial charge in [-0.3, -0.25) is 10.2 Å². The average molecular weight is 345 g/mol. The normalized spacial score (nSPS) is 11.2. The molecule has 0 fully saturated rings. The number of primary sulfonamides is 1. The van der Waals surface area contributed by atoms with E-state index in [0.29, 0.717) is 5.76 Å². The Morgan fingerprint density at radius 2 is 2.09 bits per heavy atom. The zero-order chi connectivity index (χ0) is 16.3. The van der Waals surface area contributed by atoms with Gasteiger partial charge >= 0.3 is 0 Å². The van der Waals surface area contributed by atoms with Gasteiger partial charge in [-0.15, -0.1) is 0 Å². The van der Waals surface area contributed by atoms with E-state index < -0.39 is 15.9 Å². The Morgan fingerprint density at radius 1 is 1.36 bits per heavy atom. The fourth-order valence-corrected chi connectivity index (χ4v) is 2.88. The summed E-state index contributed by atoms with van der Waals surface area (Å²) in [4.78, 5) is 11.4. The second-order valence-corrected chi connectivity index (χ2v) is 6.22. The first-order valence-electron chi connectivity index (χ1n) is 5.96. The minimum atomic E-state index is -4.07. The smallest absolute Gasteiger partial charge is 0.267 e. The summed E-state index contributed by atoms with van der Waals surface area (Å²) in [6.45, 7) is 0.267. The summed E-state index contributed by atoms with van der Waals surface area (Å²) in [5, 5.41) is 7.87. The van der Waals surface area contributed by atoms with E-state index in [1.54, 1.807) is 12.1 Å². The van der Waals surface area contributed by atoms with Gasteiger partial charge < -0.3 is 9.73 Å². The lowest BCUT2D eigenvalue weighted by atomic mass is 10.1. The number of anilines is 1. The van der Waals surface area contributed by atoms with Gasteiger partial charge in [0.05, 0.1) is 23.4 Å². The molecule has 2 rings (SSSR count). The first-order valence-corrected chi connectivity index (χ1v) is 7.89. The zero-order valence-electron chi connectivity index (χ0n) is 11.2. The molecule has 0 unspecified atom stereocenters. The number of hydrazine groups is 1. The number of carbonyl (C=O) groups excluding carboxylic acids is 1. The van der Waals surface area contributed by atoms with Crippen LogP contribution in [-0.2, 0) is 16.6 Å². The van der Waals surface area contributed by atoms with Gasteiger partial charge in [0.1, 0.15) is 10.7 Å². The number of sulfonamides is 1. The molecule has 1 heterocycles. The minimum Gasteiger partial charge on any atom is -0.467 e.